The third-order valence-corrected chi connectivity index (χ3v) is 13.1. The molecule has 10 nitrogen and oxygen atoms in total. The van der Waals surface area contributed by atoms with Gasteiger partial charge in [0.2, 0.25) is 0 Å². The van der Waals surface area contributed by atoms with Gasteiger partial charge in [0.1, 0.15) is 11.9 Å². The van der Waals surface area contributed by atoms with Crippen LogP contribution in [0.4, 0.5) is 0 Å². The monoisotopic (exact) mass is 657 g/mol. The quantitative estimate of drug-likeness (QED) is 0.367. The molecule has 0 bridgehead atoms. The number of ether oxygens (including phenoxy) is 1. The predicted octanol–water partition coefficient (Wildman–Crippen LogP) is 3.67. The molecular weight excluding hydrogens is 611 g/mol. The smallest absolute Gasteiger partial charge is 0.309 e. The predicted molar refractivity (Wildman–Crippen MR) is 170 cm³/mol. The SMILES string of the molecule is C/C(=C\c1csc(C)n1)C1CC2[C@@H](CCC[C@H](C)[C@H](O)[C@@H](C)C(=O)C(C)(C)[C@@H](O)CC(=O)O1)N2S(=O)(=O)N1CCSCC1. The average Bonchev–Trinajstić information content (AvgIpc) is 3.50. The molecule has 4 heterocycles. The van der Waals surface area contributed by atoms with Crippen molar-refractivity contribution in [2.75, 3.05) is 24.6 Å². The first-order valence-corrected chi connectivity index (χ1v) is 18.6. The van der Waals surface area contributed by atoms with Crippen molar-refractivity contribution in [3.05, 3.63) is 21.7 Å². The summed E-state index contributed by atoms with van der Waals surface area (Å²) in [6.45, 7) is 11.4. The first kappa shape index (κ1) is 34.5. The van der Waals surface area contributed by atoms with Gasteiger partial charge in [0, 0.05) is 54.4 Å². The Morgan fingerprint density at radius 1 is 1.14 bits per heavy atom. The van der Waals surface area contributed by atoms with Crippen LogP contribution in [0.15, 0.2) is 11.0 Å². The Balaban J connectivity index is 1.66. The number of nitrogens with zero attached hydrogens (tertiary/aromatic N) is 3. The summed E-state index contributed by atoms with van der Waals surface area (Å²) in [5.41, 5.74) is 0.180. The van der Waals surface area contributed by atoms with E-state index < -0.39 is 52.2 Å². The zero-order valence-electron chi connectivity index (χ0n) is 26.1. The number of thioether (sulfide) groups is 1. The topological polar surface area (TPSA) is 137 Å². The van der Waals surface area contributed by atoms with Crippen LogP contribution in [0.3, 0.4) is 0 Å². The van der Waals surface area contributed by atoms with Crippen molar-refractivity contribution in [3.63, 3.8) is 0 Å². The molecule has 3 unspecified atom stereocenters. The molecule has 0 spiro atoms. The molecule has 0 saturated carbocycles. The Kier molecular flexibility index (Phi) is 11.2. The highest BCUT2D eigenvalue weighted by Crippen LogP contribution is 2.43. The Bertz CT molecular complexity index is 1290. The third kappa shape index (κ3) is 7.90. The summed E-state index contributed by atoms with van der Waals surface area (Å²) in [4.78, 5) is 31.2. The lowest BCUT2D eigenvalue weighted by Gasteiger charge is -2.34. The summed E-state index contributed by atoms with van der Waals surface area (Å²) in [7, 11) is -3.71. The summed E-state index contributed by atoms with van der Waals surface area (Å²) in [5, 5.41) is 24.9. The normalized spacial score (nSPS) is 35.7. The highest BCUT2D eigenvalue weighted by molar-refractivity contribution is 7.99. The van der Waals surface area contributed by atoms with E-state index in [1.165, 1.54) is 11.3 Å². The van der Waals surface area contributed by atoms with E-state index in [2.05, 4.69) is 4.98 Å². The highest BCUT2D eigenvalue weighted by Gasteiger charge is 2.57. The second-order valence-corrected chi connectivity index (χ2v) is 17.0. The Morgan fingerprint density at radius 3 is 2.44 bits per heavy atom. The number of esters is 1. The fraction of sp³-hybridized carbons (Fsp3) is 0.767. The molecule has 2 N–H and O–H groups in total. The molecule has 3 fully saturated rings. The van der Waals surface area contributed by atoms with Crippen LogP contribution in [0.25, 0.3) is 6.08 Å². The Hall–Kier alpha value is -1.35. The molecule has 242 valence electrons. The molecule has 3 aliphatic rings. The van der Waals surface area contributed by atoms with Crippen LogP contribution in [-0.4, -0.2) is 99.0 Å². The van der Waals surface area contributed by atoms with Gasteiger partial charge in [0.15, 0.2) is 0 Å². The van der Waals surface area contributed by atoms with Crippen LogP contribution in [0.1, 0.15) is 77.4 Å². The third-order valence-electron chi connectivity index (χ3n) is 9.32. The Morgan fingerprint density at radius 2 is 1.81 bits per heavy atom. The lowest BCUT2D eigenvalue weighted by Crippen LogP contribution is -2.45. The lowest BCUT2D eigenvalue weighted by molar-refractivity contribution is -0.154. The first-order valence-electron chi connectivity index (χ1n) is 15.2. The fourth-order valence-corrected chi connectivity index (χ4v) is 10.0. The van der Waals surface area contributed by atoms with Crippen molar-refractivity contribution >= 4 is 51.1 Å². The van der Waals surface area contributed by atoms with E-state index in [1.54, 1.807) is 41.1 Å². The highest BCUT2D eigenvalue weighted by atomic mass is 32.2. The van der Waals surface area contributed by atoms with Gasteiger partial charge in [0.25, 0.3) is 10.2 Å². The molecule has 8 atom stereocenters. The van der Waals surface area contributed by atoms with Gasteiger partial charge in [-0.3, -0.25) is 9.59 Å². The van der Waals surface area contributed by atoms with Gasteiger partial charge in [-0.05, 0) is 44.3 Å². The van der Waals surface area contributed by atoms with Crippen molar-refractivity contribution in [2.24, 2.45) is 17.3 Å². The summed E-state index contributed by atoms with van der Waals surface area (Å²) < 4.78 is 36.7. The molecule has 0 aliphatic carbocycles. The zero-order valence-corrected chi connectivity index (χ0v) is 28.5. The molecule has 1 aromatic rings. The van der Waals surface area contributed by atoms with Gasteiger partial charge in [-0.2, -0.15) is 28.8 Å². The van der Waals surface area contributed by atoms with Crippen molar-refractivity contribution in [1.82, 2.24) is 13.6 Å². The number of cyclic esters (lactones) is 1. The van der Waals surface area contributed by atoms with E-state index >= 15 is 0 Å². The standard InChI is InChI=1S/C30H47N3O7S3/c1-18-8-7-9-23-24(33(23)43(38,39)32-10-12-41-13-11-32)15-25(19(2)14-22-17-42-21(4)31-22)40-27(35)16-26(34)30(5,6)29(37)20(3)28(18)36/h14,17-18,20,23-26,28,34,36H,7-13,15-16H2,1-6H3/b19-14+/t18-,20+,23+,24?,25?,26-,28-,33?/m0/s1. The van der Waals surface area contributed by atoms with E-state index in [0.717, 1.165) is 27.8 Å². The second-order valence-electron chi connectivity index (χ2n) is 12.9. The van der Waals surface area contributed by atoms with Crippen LogP contribution < -0.4 is 0 Å². The van der Waals surface area contributed by atoms with Gasteiger partial charge >= 0.3 is 5.97 Å². The van der Waals surface area contributed by atoms with E-state index in [4.69, 9.17) is 4.74 Å². The number of hydrogen-bond acceptors (Lipinski definition) is 10. The number of aliphatic hydroxyl groups is 2. The average molecular weight is 658 g/mol. The fourth-order valence-electron chi connectivity index (χ4n) is 6.30. The molecule has 3 aliphatic heterocycles. The summed E-state index contributed by atoms with van der Waals surface area (Å²) >= 11 is 3.25. The van der Waals surface area contributed by atoms with Crippen LogP contribution >= 0.6 is 23.1 Å². The number of fused-ring (bicyclic) bond motifs is 1. The van der Waals surface area contributed by atoms with Crippen LogP contribution in [0, 0.1) is 24.2 Å². The molecular formula is C30H47N3O7S3. The van der Waals surface area contributed by atoms with Gasteiger partial charge < -0.3 is 14.9 Å². The molecule has 0 radical (unpaired) electrons. The molecule has 43 heavy (non-hydrogen) atoms. The minimum Gasteiger partial charge on any atom is -0.458 e. The number of rotatable bonds is 4. The maximum absolute atomic E-state index is 13.8. The molecule has 3 saturated heterocycles. The largest absolute Gasteiger partial charge is 0.458 e. The number of thiazole rings is 1. The van der Waals surface area contributed by atoms with E-state index in [9.17, 15) is 28.2 Å². The molecule has 13 heteroatoms. The van der Waals surface area contributed by atoms with Gasteiger partial charge in [-0.1, -0.05) is 34.1 Å². The number of aliphatic hydroxyl groups excluding tert-OH is 2. The zero-order chi connectivity index (χ0) is 31.7. The maximum Gasteiger partial charge on any atom is 0.309 e. The molecule has 0 amide bonds. The van der Waals surface area contributed by atoms with Crippen molar-refractivity contribution < 1.29 is 33.0 Å². The number of aromatic nitrogens is 1. The molecule has 0 aromatic carbocycles. The van der Waals surface area contributed by atoms with Gasteiger partial charge in [-0.25, -0.2) is 4.98 Å². The Labute approximate surface area is 264 Å². The molecule has 4 rings (SSSR count). The van der Waals surface area contributed by atoms with Crippen LogP contribution in [0.2, 0.25) is 0 Å². The minimum absolute atomic E-state index is 0.203. The number of aryl methyl sites for hydroxylation is 1. The number of hydrogen-bond donors (Lipinski definition) is 2. The van der Waals surface area contributed by atoms with E-state index in [1.807, 2.05) is 32.2 Å². The number of carbonyl (C=O) groups is 2. The van der Waals surface area contributed by atoms with Crippen molar-refractivity contribution in [1.29, 1.82) is 0 Å². The summed E-state index contributed by atoms with van der Waals surface area (Å²) in [6.07, 6.45) is 0.640. The lowest BCUT2D eigenvalue weighted by atomic mass is 9.73. The van der Waals surface area contributed by atoms with E-state index in [0.29, 0.717) is 32.4 Å². The van der Waals surface area contributed by atoms with Crippen LogP contribution in [-0.2, 0) is 24.5 Å². The van der Waals surface area contributed by atoms with Crippen molar-refractivity contribution in [2.45, 2.75) is 104 Å². The summed E-state index contributed by atoms with van der Waals surface area (Å²) in [5.74, 6) is -0.430. The number of carbonyl (C=O) groups excluding carboxylic acids is 2. The maximum atomic E-state index is 13.8. The second kappa shape index (κ2) is 14.0. The number of ketones is 1. The molecule has 1 aromatic heterocycles. The van der Waals surface area contributed by atoms with Crippen LogP contribution in [0.5, 0.6) is 0 Å². The number of Topliss-reactive ketones (excluding diaryl/α,β-unsaturated/α-hetero) is 1. The first-order chi connectivity index (χ1) is 20.1. The van der Waals surface area contributed by atoms with Gasteiger partial charge in [0.05, 0.1) is 34.7 Å². The van der Waals surface area contributed by atoms with Crippen molar-refractivity contribution in [3.8, 4) is 0 Å². The summed E-state index contributed by atoms with van der Waals surface area (Å²) in [6, 6.07) is -0.608. The minimum atomic E-state index is -3.71. The van der Waals surface area contributed by atoms with Gasteiger partial charge in [-0.15, -0.1) is 11.3 Å². The van der Waals surface area contributed by atoms with E-state index in [-0.39, 0.29) is 30.2 Å².